The Bertz CT molecular complexity index is 527. The number of hydrogen-bond acceptors (Lipinski definition) is 4. The first kappa shape index (κ1) is 17.2. The smallest absolute Gasteiger partial charge is 0.232 e. The Kier molecular flexibility index (Phi) is 5.81. The molecule has 1 aromatic heterocycles. The number of aromatic nitrogens is 2. The van der Waals surface area contributed by atoms with Crippen molar-refractivity contribution in [2.45, 2.75) is 40.2 Å². The maximum atomic E-state index is 6.15. The van der Waals surface area contributed by atoms with Crippen LogP contribution < -0.4 is 15.5 Å². The van der Waals surface area contributed by atoms with Crippen LogP contribution in [0.3, 0.4) is 0 Å². The first-order valence-corrected chi connectivity index (χ1v) is 8.49. The minimum atomic E-state index is 0.252. The summed E-state index contributed by atoms with van der Waals surface area (Å²) in [6.45, 7) is 10.6. The standard InChI is InChI=1S/C15H24ClN5S/c1-9(2)17-15(22)20-14-18-12(16)6-13(19-14)21-7-10(3)5-11(4)8-21/h6,9-11H,5,7-8H2,1-4H3,(H2,17,18,19,20,22)/t10-,11-/m1/s1. The molecule has 0 unspecified atom stereocenters. The Morgan fingerprint density at radius 3 is 2.55 bits per heavy atom. The predicted molar refractivity (Wildman–Crippen MR) is 96.7 cm³/mol. The van der Waals surface area contributed by atoms with Gasteiger partial charge in [0.1, 0.15) is 11.0 Å². The normalized spacial score (nSPS) is 21.8. The maximum Gasteiger partial charge on any atom is 0.232 e. The van der Waals surface area contributed by atoms with Gasteiger partial charge in [-0.1, -0.05) is 25.4 Å². The van der Waals surface area contributed by atoms with Crippen LogP contribution in [-0.2, 0) is 0 Å². The molecule has 0 radical (unpaired) electrons. The van der Waals surface area contributed by atoms with Gasteiger partial charge in [-0.2, -0.15) is 4.98 Å². The third-order valence-corrected chi connectivity index (χ3v) is 3.93. The van der Waals surface area contributed by atoms with Crippen LogP contribution in [0.15, 0.2) is 6.07 Å². The van der Waals surface area contributed by atoms with Gasteiger partial charge in [0.25, 0.3) is 0 Å². The summed E-state index contributed by atoms with van der Waals surface area (Å²) in [6.07, 6.45) is 1.25. The molecule has 2 rings (SSSR count). The highest BCUT2D eigenvalue weighted by Crippen LogP contribution is 2.26. The molecule has 2 N–H and O–H groups in total. The molecule has 0 amide bonds. The molecule has 2 heterocycles. The van der Waals surface area contributed by atoms with Crippen molar-refractivity contribution in [2.75, 3.05) is 23.3 Å². The van der Waals surface area contributed by atoms with Gasteiger partial charge in [-0.3, -0.25) is 0 Å². The van der Waals surface area contributed by atoms with Crippen LogP contribution in [0.4, 0.5) is 11.8 Å². The minimum Gasteiger partial charge on any atom is -0.360 e. The van der Waals surface area contributed by atoms with Gasteiger partial charge in [-0.05, 0) is 44.3 Å². The number of piperidine rings is 1. The second-order valence-corrected chi connectivity index (χ2v) is 7.27. The second kappa shape index (κ2) is 7.42. The van der Waals surface area contributed by atoms with Crippen LogP contribution in [0.1, 0.15) is 34.1 Å². The van der Waals surface area contributed by atoms with E-state index in [4.69, 9.17) is 23.8 Å². The van der Waals surface area contributed by atoms with Crippen LogP contribution in [0.2, 0.25) is 5.15 Å². The van der Waals surface area contributed by atoms with Crippen LogP contribution in [0, 0.1) is 11.8 Å². The van der Waals surface area contributed by atoms with E-state index in [9.17, 15) is 0 Å². The molecule has 7 heteroatoms. The number of rotatable bonds is 3. The SMILES string of the molecule is CC(C)NC(=S)Nc1nc(Cl)cc(N2C[C@H](C)C[C@@H](C)C2)n1. The molecule has 1 saturated heterocycles. The quantitative estimate of drug-likeness (QED) is 0.650. The van der Waals surface area contributed by atoms with Gasteiger partial charge < -0.3 is 15.5 Å². The Hall–Kier alpha value is -1.14. The molecule has 1 aliphatic heterocycles. The molecule has 0 spiro atoms. The lowest BCUT2D eigenvalue weighted by atomic mass is 9.92. The van der Waals surface area contributed by atoms with Crippen LogP contribution in [-0.4, -0.2) is 34.2 Å². The Morgan fingerprint density at radius 2 is 1.95 bits per heavy atom. The molecule has 1 aromatic rings. The highest BCUT2D eigenvalue weighted by molar-refractivity contribution is 7.80. The van der Waals surface area contributed by atoms with Gasteiger partial charge >= 0.3 is 0 Å². The van der Waals surface area contributed by atoms with Gasteiger partial charge in [0, 0.05) is 25.2 Å². The van der Waals surface area contributed by atoms with E-state index in [1.807, 2.05) is 19.9 Å². The lowest BCUT2D eigenvalue weighted by Gasteiger charge is -2.35. The predicted octanol–water partition coefficient (Wildman–Crippen LogP) is 3.31. The Balaban J connectivity index is 2.14. The molecule has 5 nitrogen and oxygen atoms in total. The summed E-state index contributed by atoms with van der Waals surface area (Å²) in [6, 6.07) is 2.07. The van der Waals surface area contributed by atoms with Gasteiger partial charge in [-0.15, -0.1) is 0 Å². The number of thiocarbonyl (C=S) groups is 1. The largest absolute Gasteiger partial charge is 0.360 e. The minimum absolute atomic E-state index is 0.252. The fourth-order valence-corrected chi connectivity index (χ4v) is 3.38. The van der Waals surface area contributed by atoms with Crippen molar-refractivity contribution >= 4 is 40.7 Å². The summed E-state index contributed by atoms with van der Waals surface area (Å²) >= 11 is 11.4. The second-order valence-electron chi connectivity index (χ2n) is 6.48. The number of nitrogens with zero attached hydrogens (tertiary/aromatic N) is 3. The average Bonchev–Trinajstić information content (AvgIpc) is 2.35. The van der Waals surface area contributed by atoms with E-state index in [1.54, 1.807) is 0 Å². The number of nitrogens with one attached hydrogen (secondary N) is 2. The van der Waals surface area contributed by atoms with Crippen molar-refractivity contribution in [1.29, 1.82) is 0 Å². The Labute approximate surface area is 142 Å². The van der Waals surface area contributed by atoms with Gasteiger partial charge in [0.05, 0.1) is 0 Å². The van der Waals surface area contributed by atoms with Crippen molar-refractivity contribution < 1.29 is 0 Å². The van der Waals surface area contributed by atoms with E-state index >= 15 is 0 Å². The molecule has 122 valence electrons. The number of halogens is 1. The summed E-state index contributed by atoms with van der Waals surface area (Å²) in [4.78, 5) is 11.0. The third-order valence-electron chi connectivity index (χ3n) is 3.52. The van der Waals surface area contributed by atoms with Crippen LogP contribution in [0.25, 0.3) is 0 Å². The Morgan fingerprint density at radius 1 is 1.32 bits per heavy atom. The lowest BCUT2D eigenvalue weighted by Crippen LogP contribution is -2.39. The van der Waals surface area contributed by atoms with Crippen LogP contribution in [0.5, 0.6) is 0 Å². The molecular formula is C15H24ClN5S. The van der Waals surface area contributed by atoms with Crippen LogP contribution >= 0.6 is 23.8 Å². The first-order valence-electron chi connectivity index (χ1n) is 7.70. The summed E-state index contributed by atoms with van der Waals surface area (Å²) < 4.78 is 0. The van der Waals surface area contributed by atoms with Crippen molar-refractivity contribution in [3.8, 4) is 0 Å². The monoisotopic (exact) mass is 341 g/mol. The topological polar surface area (TPSA) is 53.1 Å². The van der Waals surface area contributed by atoms with E-state index in [1.165, 1.54) is 6.42 Å². The molecular weight excluding hydrogens is 318 g/mol. The summed E-state index contributed by atoms with van der Waals surface area (Å²) in [5.74, 6) is 2.59. The van der Waals surface area contributed by atoms with Gasteiger partial charge in [-0.25, -0.2) is 4.98 Å². The zero-order valence-corrected chi connectivity index (χ0v) is 15.1. The van der Waals surface area contributed by atoms with Crippen molar-refractivity contribution in [3.63, 3.8) is 0 Å². The fraction of sp³-hybridized carbons (Fsp3) is 0.667. The number of hydrogen-bond donors (Lipinski definition) is 2. The van der Waals surface area contributed by atoms with Gasteiger partial charge in [0.15, 0.2) is 5.11 Å². The molecule has 1 aliphatic rings. The van der Waals surface area contributed by atoms with E-state index in [0.717, 1.165) is 18.9 Å². The summed E-state index contributed by atoms with van der Waals surface area (Å²) in [5.41, 5.74) is 0. The third kappa shape index (κ3) is 4.95. The highest BCUT2D eigenvalue weighted by atomic mass is 35.5. The number of anilines is 2. The first-order chi connectivity index (χ1) is 10.3. The lowest BCUT2D eigenvalue weighted by molar-refractivity contribution is 0.355. The summed E-state index contributed by atoms with van der Waals surface area (Å²) in [7, 11) is 0. The van der Waals surface area contributed by atoms with Crippen molar-refractivity contribution in [3.05, 3.63) is 11.2 Å². The van der Waals surface area contributed by atoms with E-state index < -0.39 is 0 Å². The zero-order chi connectivity index (χ0) is 16.3. The zero-order valence-electron chi connectivity index (χ0n) is 13.6. The van der Waals surface area contributed by atoms with E-state index in [-0.39, 0.29) is 6.04 Å². The molecule has 2 atom stereocenters. The van der Waals surface area contributed by atoms with Gasteiger partial charge in [0.2, 0.25) is 5.95 Å². The van der Waals surface area contributed by atoms with E-state index in [0.29, 0.717) is 28.0 Å². The van der Waals surface area contributed by atoms with Crippen molar-refractivity contribution in [2.24, 2.45) is 11.8 Å². The van der Waals surface area contributed by atoms with Crippen molar-refractivity contribution in [1.82, 2.24) is 15.3 Å². The van der Waals surface area contributed by atoms with E-state index in [2.05, 4.69) is 39.3 Å². The average molecular weight is 342 g/mol. The fourth-order valence-electron chi connectivity index (χ4n) is 2.87. The molecule has 0 aliphatic carbocycles. The maximum absolute atomic E-state index is 6.15. The molecule has 0 bridgehead atoms. The summed E-state index contributed by atoms with van der Waals surface area (Å²) in [5, 5.41) is 7.04. The highest BCUT2D eigenvalue weighted by Gasteiger charge is 2.23. The molecule has 1 fully saturated rings. The molecule has 0 aromatic carbocycles. The molecule has 22 heavy (non-hydrogen) atoms. The molecule has 0 saturated carbocycles.